The molecule has 0 bridgehead atoms. The molecule has 0 radical (unpaired) electrons. The summed E-state index contributed by atoms with van der Waals surface area (Å²) in [6.07, 6.45) is 3.42. The quantitative estimate of drug-likeness (QED) is 0.788. The third kappa shape index (κ3) is 2.36. The predicted octanol–water partition coefficient (Wildman–Crippen LogP) is 2.54. The monoisotopic (exact) mass is 319 g/mol. The molecule has 0 saturated carbocycles. The van der Waals surface area contributed by atoms with Crippen LogP contribution in [0, 0.1) is 6.92 Å². The highest BCUT2D eigenvalue weighted by Crippen LogP contribution is 2.33. The van der Waals surface area contributed by atoms with Crippen LogP contribution < -0.4 is 5.32 Å². The molecule has 0 saturated heterocycles. The van der Waals surface area contributed by atoms with E-state index in [0.717, 1.165) is 35.5 Å². The Morgan fingerprint density at radius 1 is 1.21 bits per heavy atom. The minimum absolute atomic E-state index is 0.232. The summed E-state index contributed by atoms with van der Waals surface area (Å²) in [6, 6.07) is 9.55. The average Bonchev–Trinajstić information content (AvgIpc) is 2.92. The van der Waals surface area contributed by atoms with Crippen LogP contribution in [0.1, 0.15) is 27.3 Å². The molecule has 3 aromatic heterocycles. The van der Waals surface area contributed by atoms with E-state index in [2.05, 4.69) is 26.4 Å². The Kier molecular flexibility index (Phi) is 3.37. The molecule has 6 nitrogen and oxygen atoms in total. The Balaban J connectivity index is 1.72. The number of carbonyl (C=O) groups excluding carboxylic acids is 1. The number of pyridine rings is 2. The molecule has 0 spiro atoms. The van der Waals surface area contributed by atoms with Crippen LogP contribution in [-0.4, -0.2) is 25.7 Å². The van der Waals surface area contributed by atoms with Crippen LogP contribution >= 0.6 is 0 Å². The van der Waals surface area contributed by atoms with Crippen LogP contribution in [0.3, 0.4) is 0 Å². The summed E-state index contributed by atoms with van der Waals surface area (Å²) in [5.41, 5.74) is 5.30. The third-order valence-corrected chi connectivity index (χ3v) is 4.25. The molecule has 6 heteroatoms. The highest BCUT2D eigenvalue weighted by atomic mass is 16.2. The fourth-order valence-corrected chi connectivity index (χ4v) is 3.18. The second kappa shape index (κ2) is 5.56. The molecule has 0 aromatic carbocycles. The van der Waals surface area contributed by atoms with Gasteiger partial charge in [-0.25, -0.2) is 4.98 Å². The minimum Gasteiger partial charge on any atom is -0.305 e. The van der Waals surface area contributed by atoms with E-state index in [1.807, 2.05) is 32.2 Å². The molecule has 0 aliphatic heterocycles. The van der Waals surface area contributed by atoms with Crippen molar-refractivity contribution in [3.63, 3.8) is 0 Å². The van der Waals surface area contributed by atoms with Gasteiger partial charge < -0.3 is 5.32 Å². The van der Waals surface area contributed by atoms with Crippen molar-refractivity contribution in [1.29, 1.82) is 0 Å². The summed E-state index contributed by atoms with van der Waals surface area (Å²) in [4.78, 5) is 21.5. The summed E-state index contributed by atoms with van der Waals surface area (Å²) in [5.74, 6) is 0.304. The topological polar surface area (TPSA) is 72.7 Å². The van der Waals surface area contributed by atoms with Crippen LogP contribution in [0.4, 0.5) is 5.82 Å². The van der Waals surface area contributed by atoms with Gasteiger partial charge in [-0.1, -0.05) is 12.1 Å². The molecular formula is C18H17N5O. The SMILES string of the molecule is Cc1cccc(NC(=O)c2nn(C)c3c2CCc2cccnc2-3)n1. The maximum atomic E-state index is 12.7. The third-order valence-electron chi connectivity index (χ3n) is 4.25. The molecule has 0 unspecified atom stereocenters. The van der Waals surface area contributed by atoms with Gasteiger partial charge in [-0.05, 0) is 43.5 Å². The lowest BCUT2D eigenvalue weighted by atomic mass is 9.92. The number of amides is 1. The zero-order valence-electron chi connectivity index (χ0n) is 13.6. The number of hydrogen-bond acceptors (Lipinski definition) is 4. The van der Waals surface area contributed by atoms with Gasteiger partial charge in [0.2, 0.25) is 0 Å². The molecule has 120 valence electrons. The van der Waals surface area contributed by atoms with Crippen molar-refractivity contribution >= 4 is 11.7 Å². The van der Waals surface area contributed by atoms with E-state index in [0.29, 0.717) is 11.5 Å². The van der Waals surface area contributed by atoms with E-state index < -0.39 is 0 Å². The van der Waals surface area contributed by atoms with Crippen LogP contribution in [0.5, 0.6) is 0 Å². The number of nitrogens with zero attached hydrogens (tertiary/aromatic N) is 4. The minimum atomic E-state index is -0.232. The maximum absolute atomic E-state index is 12.7. The van der Waals surface area contributed by atoms with Crippen molar-refractivity contribution in [3.05, 3.63) is 59.0 Å². The van der Waals surface area contributed by atoms with Crippen LogP contribution in [0.15, 0.2) is 36.5 Å². The Bertz CT molecular complexity index is 944. The van der Waals surface area contributed by atoms with Gasteiger partial charge in [0.25, 0.3) is 5.91 Å². The van der Waals surface area contributed by atoms with E-state index in [4.69, 9.17) is 0 Å². The van der Waals surface area contributed by atoms with Crippen LogP contribution in [-0.2, 0) is 19.9 Å². The van der Waals surface area contributed by atoms with Crippen molar-refractivity contribution in [3.8, 4) is 11.4 Å². The van der Waals surface area contributed by atoms with Gasteiger partial charge in [-0.15, -0.1) is 0 Å². The number of aryl methyl sites for hydroxylation is 3. The number of anilines is 1. The molecule has 3 heterocycles. The van der Waals surface area contributed by atoms with Gasteiger partial charge in [-0.3, -0.25) is 14.5 Å². The molecule has 0 atom stereocenters. The van der Waals surface area contributed by atoms with E-state index >= 15 is 0 Å². The first-order chi connectivity index (χ1) is 11.6. The van der Waals surface area contributed by atoms with Gasteiger partial charge in [0.15, 0.2) is 5.69 Å². The van der Waals surface area contributed by atoms with E-state index in [1.165, 1.54) is 5.56 Å². The molecule has 1 aliphatic rings. The Hall–Kier alpha value is -3.02. The fourth-order valence-electron chi connectivity index (χ4n) is 3.18. The van der Waals surface area contributed by atoms with Crippen LogP contribution in [0.2, 0.25) is 0 Å². The van der Waals surface area contributed by atoms with E-state index in [1.54, 1.807) is 16.9 Å². The number of nitrogens with one attached hydrogen (secondary N) is 1. The first-order valence-corrected chi connectivity index (χ1v) is 7.88. The number of hydrogen-bond donors (Lipinski definition) is 1. The largest absolute Gasteiger partial charge is 0.305 e. The molecule has 1 N–H and O–H groups in total. The number of rotatable bonds is 2. The summed E-state index contributed by atoms with van der Waals surface area (Å²) in [6.45, 7) is 1.89. The van der Waals surface area contributed by atoms with Crippen molar-refractivity contribution in [2.45, 2.75) is 19.8 Å². The van der Waals surface area contributed by atoms with Crippen LogP contribution in [0.25, 0.3) is 11.4 Å². The highest BCUT2D eigenvalue weighted by Gasteiger charge is 2.28. The van der Waals surface area contributed by atoms with Gasteiger partial charge in [0.1, 0.15) is 5.82 Å². The Morgan fingerprint density at radius 2 is 2.08 bits per heavy atom. The number of fused-ring (bicyclic) bond motifs is 3. The number of aromatic nitrogens is 4. The van der Waals surface area contributed by atoms with Gasteiger partial charge in [0.05, 0.1) is 11.4 Å². The Labute approximate surface area is 139 Å². The first-order valence-electron chi connectivity index (χ1n) is 7.88. The molecule has 1 aliphatic carbocycles. The summed E-state index contributed by atoms with van der Waals surface area (Å²) in [7, 11) is 1.85. The highest BCUT2D eigenvalue weighted by molar-refractivity contribution is 6.04. The lowest BCUT2D eigenvalue weighted by molar-refractivity contribution is 0.102. The molecule has 24 heavy (non-hydrogen) atoms. The summed E-state index contributed by atoms with van der Waals surface area (Å²) >= 11 is 0. The lowest BCUT2D eigenvalue weighted by Gasteiger charge is -2.16. The summed E-state index contributed by atoms with van der Waals surface area (Å²) < 4.78 is 1.75. The standard InChI is InChI=1S/C18H17N5O/c1-11-5-3-7-14(20-11)21-18(24)16-13-9-8-12-6-4-10-19-15(12)17(13)23(2)22-16/h3-7,10H,8-9H2,1-2H3,(H,20,21,24). The number of carbonyl (C=O) groups is 1. The van der Waals surface area contributed by atoms with Crippen molar-refractivity contribution < 1.29 is 4.79 Å². The second-order valence-corrected chi connectivity index (χ2v) is 5.93. The van der Waals surface area contributed by atoms with Gasteiger partial charge >= 0.3 is 0 Å². The van der Waals surface area contributed by atoms with Gasteiger partial charge in [0, 0.05) is 24.5 Å². The van der Waals surface area contributed by atoms with E-state index in [-0.39, 0.29) is 5.91 Å². The lowest BCUT2D eigenvalue weighted by Crippen LogP contribution is -2.16. The fraction of sp³-hybridized carbons (Fsp3) is 0.222. The predicted molar refractivity (Wildman–Crippen MR) is 90.8 cm³/mol. The maximum Gasteiger partial charge on any atom is 0.277 e. The van der Waals surface area contributed by atoms with E-state index in [9.17, 15) is 4.79 Å². The first kappa shape index (κ1) is 14.6. The van der Waals surface area contributed by atoms with Crippen molar-refractivity contribution in [2.24, 2.45) is 7.05 Å². The molecule has 3 aromatic rings. The molecular weight excluding hydrogens is 302 g/mol. The molecule has 0 fully saturated rings. The zero-order valence-corrected chi connectivity index (χ0v) is 13.6. The zero-order chi connectivity index (χ0) is 16.7. The Morgan fingerprint density at radius 3 is 2.92 bits per heavy atom. The van der Waals surface area contributed by atoms with Crippen molar-refractivity contribution in [2.75, 3.05) is 5.32 Å². The normalized spacial score (nSPS) is 12.4. The molecule has 1 amide bonds. The smallest absolute Gasteiger partial charge is 0.277 e. The average molecular weight is 319 g/mol. The summed E-state index contributed by atoms with van der Waals surface area (Å²) in [5, 5.41) is 7.29. The second-order valence-electron chi connectivity index (χ2n) is 5.93. The molecule has 4 rings (SSSR count). The van der Waals surface area contributed by atoms with Gasteiger partial charge in [-0.2, -0.15) is 5.10 Å². The van der Waals surface area contributed by atoms with Crippen molar-refractivity contribution in [1.82, 2.24) is 19.7 Å².